The number of nitrogens with zero attached hydrogens (tertiary/aromatic N) is 4. The Kier molecular flexibility index (Phi) is 2.57. The van der Waals surface area contributed by atoms with Crippen LogP contribution in [0.1, 0.15) is 18.9 Å². The van der Waals surface area contributed by atoms with E-state index in [1.807, 2.05) is 31.2 Å². The van der Waals surface area contributed by atoms with E-state index in [-0.39, 0.29) is 5.69 Å². The van der Waals surface area contributed by atoms with E-state index in [2.05, 4.69) is 11.1 Å². The zero-order valence-corrected chi connectivity index (χ0v) is 10.5. The second-order valence-corrected chi connectivity index (χ2v) is 4.39. The normalized spacial score (nSPS) is 10.9. The topological polar surface area (TPSA) is 63.1 Å². The summed E-state index contributed by atoms with van der Waals surface area (Å²) in [6.45, 7) is 2.59. The van der Waals surface area contributed by atoms with Gasteiger partial charge in [-0.2, -0.15) is 5.26 Å². The van der Waals surface area contributed by atoms with Gasteiger partial charge in [0.1, 0.15) is 11.6 Å². The zero-order valence-electron chi connectivity index (χ0n) is 10.5. The van der Waals surface area contributed by atoms with E-state index in [4.69, 9.17) is 0 Å². The van der Waals surface area contributed by atoms with Crippen molar-refractivity contribution < 1.29 is 0 Å². The third kappa shape index (κ3) is 1.61. The zero-order chi connectivity index (χ0) is 13.4. The summed E-state index contributed by atoms with van der Waals surface area (Å²) in [6.07, 6.45) is 2.43. The van der Waals surface area contributed by atoms with Crippen molar-refractivity contribution in [2.75, 3.05) is 0 Å². The molecule has 0 saturated heterocycles. The molecule has 2 heterocycles. The Hall–Kier alpha value is -2.61. The van der Waals surface area contributed by atoms with Gasteiger partial charge in [-0.05, 0) is 18.6 Å². The van der Waals surface area contributed by atoms with Crippen molar-refractivity contribution >= 4 is 16.7 Å². The molecule has 0 atom stereocenters. The molecular weight excluding hydrogens is 240 g/mol. The van der Waals surface area contributed by atoms with E-state index in [0.717, 1.165) is 17.5 Å². The van der Waals surface area contributed by atoms with Crippen molar-refractivity contribution in [1.82, 2.24) is 14.0 Å². The molecule has 0 radical (unpaired) electrons. The molecule has 3 rings (SSSR count). The van der Waals surface area contributed by atoms with Crippen LogP contribution in [0.25, 0.3) is 16.7 Å². The van der Waals surface area contributed by atoms with Gasteiger partial charge in [0.05, 0.1) is 11.0 Å². The minimum Gasteiger partial charge on any atom is -0.299 e. The lowest BCUT2D eigenvalue weighted by Crippen LogP contribution is -2.26. The first-order chi connectivity index (χ1) is 9.26. The van der Waals surface area contributed by atoms with Crippen molar-refractivity contribution in [2.24, 2.45) is 0 Å². The van der Waals surface area contributed by atoms with E-state index >= 15 is 0 Å². The highest BCUT2D eigenvalue weighted by Crippen LogP contribution is 2.16. The first-order valence-corrected chi connectivity index (χ1v) is 6.17. The van der Waals surface area contributed by atoms with Crippen LogP contribution in [0, 0.1) is 11.3 Å². The second kappa shape index (κ2) is 4.25. The molecule has 3 aromatic rings. The summed E-state index contributed by atoms with van der Waals surface area (Å²) in [5, 5.41) is 9.23. The van der Waals surface area contributed by atoms with Crippen LogP contribution in [0.15, 0.2) is 35.3 Å². The highest BCUT2D eigenvalue weighted by molar-refractivity contribution is 5.81. The van der Waals surface area contributed by atoms with E-state index in [0.29, 0.717) is 17.8 Å². The quantitative estimate of drug-likeness (QED) is 0.700. The standard InChI is InChI=1S/C14H12N4O/c1-2-7-17-9-10(8-15)13-16-11-5-3-4-6-12(11)18(13)14(17)19/h3-6,9H,2,7H2,1H3. The van der Waals surface area contributed by atoms with Crippen LogP contribution in [0.2, 0.25) is 0 Å². The number of imidazole rings is 1. The molecule has 19 heavy (non-hydrogen) atoms. The molecule has 2 aromatic heterocycles. The predicted molar refractivity (Wildman–Crippen MR) is 72.0 cm³/mol. The van der Waals surface area contributed by atoms with Crippen molar-refractivity contribution in [1.29, 1.82) is 5.26 Å². The summed E-state index contributed by atoms with van der Waals surface area (Å²) in [5.41, 5.74) is 2.17. The Balaban J connectivity index is 2.54. The van der Waals surface area contributed by atoms with Gasteiger partial charge in [0.15, 0.2) is 5.65 Å². The summed E-state index contributed by atoms with van der Waals surface area (Å²) in [4.78, 5) is 16.8. The number of para-hydroxylation sites is 2. The predicted octanol–water partition coefficient (Wildman–Crippen LogP) is 1.93. The number of hydrogen-bond donors (Lipinski definition) is 0. The van der Waals surface area contributed by atoms with E-state index < -0.39 is 0 Å². The van der Waals surface area contributed by atoms with Crippen molar-refractivity contribution in [3.05, 3.63) is 46.5 Å². The highest BCUT2D eigenvalue weighted by Gasteiger charge is 2.13. The summed E-state index contributed by atoms with van der Waals surface area (Å²) in [7, 11) is 0. The molecule has 94 valence electrons. The van der Waals surface area contributed by atoms with E-state index in [1.54, 1.807) is 10.8 Å². The maximum atomic E-state index is 12.4. The van der Waals surface area contributed by atoms with Gasteiger partial charge in [-0.15, -0.1) is 0 Å². The maximum absolute atomic E-state index is 12.4. The van der Waals surface area contributed by atoms with Gasteiger partial charge in [-0.3, -0.25) is 4.57 Å². The fourth-order valence-corrected chi connectivity index (χ4v) is 2.28. The molecule has 5 heteroatoms. The molecule has 0 bridgehead atoms. The lowest BCUT2D eigenvalue weighted by molar-refractivity contribution is 0.630. The lowest BCUT2D eigenvalue weighted by atomic mass is 10.3. The number of aryl methyl sites for hydroxylation is 1. The largest absolute Gasteiger partial charge is 0.334 e. The molecule has 0 aliphatic heterocycles. The Bertz CT molecular complexity index is 867. The Morgan fingerprint density at radius 3 is 2.89 bits per heavy atom. The van der Waals surface area contributed by atoms with Gasteiger partial charge in [-0.25, -0.2) is 14.2 Å². The van der Waals surface area contributed by atoms with Crippen LogP contribution in [-0.4, -0.2) is 14.0 Å². The van der Waals surface area contributed by atoms with Gasteiger partial charge in [0.25, 0.3) is 0 Å². The summed E-state index contributed by atoms with van der Waals surface area (Å²) in [6, 6.07) is 9.52. The number of hydrogen-bond acceptors (Lipinski definition) is 3. The van der Waals surface area contributed by atoms with Crippen molar-refractivity contribution in [2.45, 2.75) is 19.9 Å². The molecule has 0 fully saturated rings. The summed E-state index contributed by atoms with van der Waals surface area (Å²) < 4.78 is 3.09. The number of benzene rings is 1. The molecule has 0 unspecified atom stereocenters. The molecule has 0 amide bonds. The van der Waals surface area contributed by atoms with E-state index in [1.165, 1.54) is 4.40 Å². The molecule has 0 aliphatic carbocycles. The average molecular weight is 252 g/mol. The molecule has 0 N–H and O–H groups in total. The highest BCUT2D eigenvalue weighted by atomic mass is 16.1. The van der Waals surface area contributed by atoms with Gasteiger partial charge in [0, 0.05) is 12.7 Å². The maximum Gasteiger partial charge on any atom is 0.334 e. The Morgan fingerprint density at radius 2 is 2.16 bits per heavy atom. The Labute approximate surface area is 109 Å². The fourth-order valence-electron chi connectivity index (χ4n) is 2.28. The molecule has 0 spiro atoms. The first kappa shape index (κ1) is 11.5. The molecule has 5 nitrogen and oxygen atoms in total. The third-order valence-corrected chi connectivity index (χ3v) is 3.11. The molecule has 0 aliphatic rings. The minimum absolute atomic E-state index is 0.149. The molecule has 1 aromatic carbocycles. The summed E-state index contributed by atoms with van der Waals surface area (Å²) in [5.74, 6) is 0. The lowest BCUT2D eigenvalue weighted by Gasteiger charge is -2.05. The van der Waals surface area contributed by atoms with Gasteiger partial charge in [-0.1, -0.05) is 19.1 Å². The smallest absolute Gasteiger partial charge is 0.299 e. The van der Waals surface area contributed by atoms with Gasteiger partial charge in [0.2, 0.25) is 0 Å². The minimum atomic E-state index is -0.149. The van der Waals surface area contributed by atoms with Crippen molar-refractivity contribution in [3.8, 4) is 6.07 Å². The summed E-state index contributed by atoms with van der Waals surface area (Å²) >= 11 is 0. The van der Waals surface area contributed by atoms with Crippen LogP contribution in [0.5, 0.6) is 0 Å². The SMILES string of the molecule is CCCn1cc(C#N)c2nc3ccccc3n2c1=O. The van der Waals surface area contributed by atoms with Crippen LogP contribution < -0.4 is 5.69 Å². The number of rotatable bonds is 2. The first-order valence-electron chi connectivity index (χ1n) is 6.17. The van der Waals surface area contributed by atoms with Crippen LogP contribution in [0.3, 0.4) is 0 Å². The number of fused-ring (bicyclic) bond motifs is 3. The Morgan fingerprint density at radius 1 is 1.37 bits per heavy atom. The molecule has 0 saturated carbocycles. The fraction of sp³-hybridized carbons (Fsp3) is 0.214. The van der Waals surface area contributed by atoms with Crippen LogP contribution in [0.4, 0.5) is 0 Å². The van der Waals surface area contributed by atoms with Crippen molar-refractivity contribution in [3.63, 3.8) is 0 Å². The van der Waals surface area contributed by atoms with Crippen LogP contribution in [-0.2, 0) is 6.54 Å². The molecular formula is C14H12N4O. The average Bonchev–Trinajstić information content (AvgIpc) is 2.82. The van der Waals surface area contributed by atoms with E-state index in [9.17, 15) is 10.1 Å². The second-order valence-electron chi connectivity index (χ2n) is 4.39. The van der Waals surface area contributed by atoms with Crippen LogP contribution >= 0.6 is 0 Å². The number of aromatic nitrogens is 3. The number of nitriles is 1. The van der Waals surface area contributed by atoms with Gasteiger partial charge < -0.3 is 0 Å². The monoisotopic (exact) mass is 252 g/mol. The third-order valence-electron chi connectivity index (χ3n) is 3.11. The van der Waals surface area contributed by atoms with Gasteiger partial charge >= 0.3 is 5.69 Å².